The van der Waals surface area contributed by atoms with Crippen molar-refractivity contribution in [3.63, 3.8) is 0 Å². The van der Waals surface area contributed by atoms with Gasteiger partial charge in [-0.2, -0.15) is 0 Å². The largest absolute Gasteiger partial charge is 0.389 e. The lowest BCUT2D eigenvalue weighted by Gasteiger charge is -2.20. The molecule has 1 saturated heterocycles. The number of likely N-dealkylation sites (tertiary alicyclic amines) is 1. The zero-order chi connectivity index (χ0) is 16.7. The molecule has 1 aromatic carbocycles. The van der Waals surface area contributed by atoms with Gasteiger partial charge in [-0.05, 0) is 68.8 Å². The molecule has 3 heteroatoms. The third kappa shape index (κ3) is 2.54. The molecule has 1 aliphatic rings. The minimum Gasteiger partial charge on any atom is -0.389 e. The zero-order valence-corrected chi connectivity index (χ0v) is 14.3. The molecule has 3 aromatic rings. The summed E-state index contributed by atoms with van der Waals surface area (Å²) in [6, 6.07) is 17.6. The molecule has 0 amide bonds. The number of aromatic nitrogens is 1. The molecule has 0 bridgehead atoms. The molecule has 2 unspecified atom stereocenters. The summed E-state index contributed by atoms with van der Waals surface area (Å²) in [4.78, 5) is 2.44. The lowest BCUT2D eigenvalue weighted by molar-refractivity contribution is 0.200. The van der Waals surface area contributed by atoms with Gasteiger partial charge in [0.25, 0.3) is 0 Å². The van der Waals surface area contributed by atoms with E-state index >= 15 is 0 Å². The van der Waals surface area contributed by atoms with Gasteiger partial charge in [-0.3, -0.25) is 4.90 Å². The topological polar surface area (TPSA) is 27.9 Å². The van der Waals surface area contributed by atoms with Crippen LogP contribution in [0.3, 0.4) is 0 Å². The first-order chi connectivity index (χ1) is 11.6. The molecular weight excluding hydrogens is 296 g/mol. The van der Waals surface area contributed by atoms with Crippen LogP contribution in [0.5, 0.6) is 0 Å². The number of aliphatic hydroxyl groups is 1. The van der Waals surface area contributed by atoms with E-state index in [1.54, 1.807) is 0 Å². The van der Waals surface area contributed by atoms with Crippen LogP contribution in [0.15, 0.2) is 54.7 Å². The van der Waals surface area contributed by atoms with Crippen LogP contribution < -0.4 is 0 Å². The molecule has 2 atom stereocenters. The predicted octanol–water partition coefficient (Wildman–Crippen LogP) is 4.43. The van der Waals surface area contributed by atoms with Crippen molar-refractivity contribution >= 4 is 5.52 Å². The fourth-order valence-electron chi connectivity index (χ4n) is 3.99. The molecular formula is C21H24N2O. The second-order valence-corrected chi connectivity index (χ2v) is 6.88. The molecule has 2 aromatic heterocycles. The van der Waals surface area contributed by atoms with Crippen molar-refractivity contribution in [2.75, 3.05) is 13.6 Å². The molecule has 4 rings (SSSR count). The van der Waals surface area contributed by atoms with Crippen LogP contribution >= 0.6 is 0 Å². The number of hydrogen-bond donors (Lipinski definition) is 1. The van der Waals surface area contributed by atoms with Crippen LogP contribution in [0, 0.1) is 0 Å². The number of hydrogen-bond acceptors (Lipinski definition) is 2. The Morgan fingerprint density at radius 2 is 2.00 bits per heavy atom. The van der Waals surface area contributed by atoms with Gasteiger partial charge in [0.05, 0.1) is 11.8 Å². The Balaban J connectivity index is 1.87. The van der Waals surface area contributed by atoms with Crippen molar-refractivity contribution in [2.24, 2.45) is 0 Å². The van der Waals surface area contributed by atoms with E-state index in [2.05, 4.69) is 58.9 Å². The second-order valence-electron chi connectivity index (χ2n) is 6.88. The van der Waals surface area contributed by atoms with E-state index in [1.165, 1.54) is 30.5 Å². The Morgan fingerprint density at radius 1 is 1.12 bits per heavy atom. The van der Waals surface area contributed by atoms with Gasteiger partial charge in [0, 0.05) is 23.3 Å². The summed E-state index contributed by atoms with van der Waals surface area (Å²) in [5.74, 6) is 0. The van der Waals surface area contributed by atoms with Crippen molar-refractivity contribution < 1.29 is 5.11 Å². The molecule has 1 aliphatic heterocycles. The Morgan fingerprint density at radius 3 is 2.75 bits per heavy atom. The Hall–Kier alpha value is -2.10. The standard InChI is InChI=1S/C21H24N2O/c1-15(24)19-14-18-9-3-4-12-23(18)21(19)17-8-5-7-16(13-17)20-10-6-11-22(20)2/h3-5,7-9,12-15,20,24H,6,10-11H2,1-2H3. The third-order valence-electron chi connectivity index (χ3n) is 5.22. The fourth-order valence-corrected chi connectivity index (χ4v) is 3.99. The number of benzene rings is 1. The van der Waals surface area contributed by atoms with E-state index in [0.29, 0.717) is 6.04 Å². The predicted molar refractivity (Wildman–Crippen MR) is 98.1 cm³/mol. The van der Waals surface area contributed by atoms with Crippen molar-refractivity contribution in [1.82, 2.24) is 9.30 Å². The number of aliphatic hydroxyl groups excluding tert-OH is 1. The maximum absolute atomic E-state index is 10.3. The van der Waals surface area contributed by atoms with Crippen LogP contribution in [0.4, 0.5) is 0 Å². The van der Waals surface area contributed by atoms with Crippen LogP contribution in [0.2, 0.25) is 0 Å². The average molecular weight is 320 g/mol. The van der Waals surface area contributed by atoms with Crippen molar-refractivity contribution in [3.8, 4) is 11.3 Å². The summed E-state index contributed by atoms with van der Waals surface area (Å²) in [6.07, 6.45) is 4.07. The number of rotatable bonds is 3. The highest BCUT2D eigenvalue weighted by Crippen LogP contribution is 2.36. The summed E-state index contributed by atoms with van der Waals surface area (Å²) in [7, 11) is 2.21. The summed E-state index contributed by atoms with van der Waals surface area (Å²) >= 11 is 0. The molecule has 3 heterocycles. The SMILES string of the molecule is CC(O)c1cc2ccccn2c1-c1cccc(C2CCCN2C)c1. The van der Waals surface area contributed by atoms with Crippen molar-refractivity contribution in [1.29, 1.82) is 0 Å². The van der Waals surface area contributed by atoms with Crippen LogP contribution in [0.1, 0.15) is 43.0 Å². The molecule has 1 fully saturated rings. The third-order valence-corrected chi connectivity index (χ3v) is 5.22. The minimum atomic E-state index is -0.488. The number of nitrogens with zero attached hydrogens (tertiary/aromatic N) is 2. The van der Waals surface area contributed by atoms with E-state index in [4.69, 9.17) is 0 Å². The maximum atomic E-state index is 10.3. The fraction of sp³-hybridized carbons (Fsp3) is 0.333. The molecule has 1 N–H and O–H groups in total. The molecule has 0 saturated carbocycles. The summed E-state index contributed by atoms with van der Waals surface area (Å²) < 4.78 is 2.18. The number of pyridine rings is 1. The van der Waals surface area contributed by atoms with Gasteiger partial charge in [-0.25, -0.2) is 0 Å². The average Bonchev–Trinajstić information content (AvgIpc) is 3.18. The lowest BCUT2D eigenvalue weighted by Crippen LogP contribution is -2.17. The molecule has 0 aliphatic carbocycles. The summed E-state index contributed by atoms with van der Waals surface area (Å²) in [5.41, 5.74) is 5.75. The Labute approximate surface area is 143 Å². The van der Waals surface area contributed by atoms with Crippen LogP contribution in [0.25, 0.3) is 16.8 Å². The van der Waals surface area contributed by atoms with Crippen molar-refractivity contribution in [2.45, 2.75) is 31.9 Å². The van der Waals surface area contributed by atoms with E-state index in [1.807, 2.05) is 19.1 Å². The van der Waals surface area contributed by atoms with Gasteiger partial charge in [0.1, 0.15) is 0 Å². The van der Waals surface area contributed by atoms with Crippen LogP contribution in [-0.2, 0) is 0 Å². The van der Waals surface area contributed by atoms with E-state index in [-0.39, 0.29) is 0 Å². The van der Waals surface area contributed by atoms with Gasteiger partial charge in [-0.1, -0.05) is 24.3 Å². The van der Waals surface area contributed by atoms with Crippen LogP contribution in [-0.4, -0.2) is 28.0 Å². The second kappa shape index (κ2) is 6.08. The Kier molecular flexibility index (Phi) is 3.91. The summed E-state index contributed by atoms with van der Waals surface area (Å²) in [6.45, 7) is 3.01. The van der Waals surface area contributed by atoms with E-state index < -0.39 is 6.10 Å². The normalized spacial score (nSPS) is 19.9. The van der Waals surface area contributed by atoms with Crippen molar-refractivity contribution in [3.05, 3.63) is 65.9 Å². The van der Waals surface area contributed by atoms with E-state index in [0.717, 1.165) is 16.8 Å². The molecule has 0 spiro atoms. The highest BCUT2D eigenvalue weighted by atomic mass is 16.3. The minimum absolute atomic E-state index is 0.488. The highest BCUT2D eigenvalue weighted by Gasteiger charge is 2.23. The Bertz CT molecular complexity index is 865. The van der Waals surface area contributed by atoms with Gasteiger partial charge >= 0.3 is 0 Å². The monoisotopic (exact) mass is 320 g/mol. The first-order valence-corrected chi connectivity index (χ1v) is 8.74. The molecule has 3 nitrogen and oxygen atoms in total. The van der Waals surface area contributed by atoms with Gasteiger partial charge < -0.3 is 9.51 Å². The summed E-state index contributed by atoms with van der Waals surface area (Å²) in [5, 5.41) is 10.3. The molecule has 0 radical (unpaired) electrons. The quantitative estimate of drug-likeness (QED) is 0.773. The molecule has 124 valence electrons. The highest BCUT2D eigenvalue weighted by molar-refractivity contribution is 5.72. The first-order valence-electron chi connectivity index (χ1n) is 8.74. The van der Waals surface area contributed by atoms with Gasteiger partial charge in [0.15, 0.2) is 0 Å². The number of fused-ring (bicyclic) bond motifs is 1. The van der Waals surface area contributed by atoms with Gasteiger partial charge in [0.2, 0.25) is 0 Å². The van der Waals surface area contributed by atoms with E-state index in [9.17, 15) is 5.11 Å². The first kappa shape index (κ1) is 15.4. The smallest absolute Gasteiger partial charge is 0.0783 e. The maximum Gasteiger partial charge on any atom is 0.0783 e. The molecule has 24 heavy (non-hydrogen) atoms. The zero-order valence-electron chi connectivity index (χ0n) is 14.3. The lowest BCUT2D eigenvalue weighted by atomic mass is 9.98. The van der Waals surface area contributed by atoms with Gasteiger partial charge in [-0.15, -0.1) is 0 Å².